The van der Waals surface area contributed by atoms with Gasteiger partial charge in [0.1, 0.15) is 5.76 Å². The van der Waals surface area contributed by atoms with Gasteiger partial charge in [0.15, 0.2) is 6.61 Å². The van der Waals surface area contributed by atoms with Crippen molar-refractivity contribution in [3.63, 3.8) is 0 Å². The minimum Gasteiger partial charge on any atom is -0.439 e. The van der Waals surface area contributed by atoms with Crippen LogP contribution in [0.4, 0.5) is 4.79 Å². The van der Waals surface area contributed by atoms with Gasteiger partial charge in [-0.25, -0.2) is 9.69 Å². The van der Waals surface area contributed by atoms with Gasteiger partial charge in [-0.1, -0.05) is 5.16 Å². The van der Waals surface area contributed by atoms with Crippen LogP contribution in [0, 0.1) is 13.8 Å². The molecule has 3 heterocycles. The molecule has 2 saturated heterocycles. The van der Waals surface area contributed by atoms with Gasteiger partial charge >= 0.3 is 6.09 Å². The third kappa shape index (κ3) is 2.93. The topological polar surface area (TPSA) is 93.0 Å². The second-order valence-corrected chi connectivity index (χ2v) is 5.90. The summed E-state index contributed by atoms with van der Waals surface area (Å²) in [4.78, 5) is 38.4. The minimum atomic E-state index is -0.606. The summed E-state index contributed by atoms with van der Waals surface area (Å²) in [6.07, 6.45) is 0.919. The molecular weight excluding hydrogens is 302 g/mol. The smallest absolute Gasteiger partial charge is 0.417 e. The van der Waals surface area contributed by atoms with E-state index < -0.39 is 6.09 Å². The van der Waals surface area contributed by atoms with Crippen molar-refractivity contribution in [2.75, 3.05) is 19.7 Å². The van der Waals surface area contributed by atoms with Crippen LogP contribution in [-0.4, -0.2) is 58.6 Å². The number of carbonyl (C=O) groups excluding carboxylic acids is 3. The number of hydrogen-bond donors (Lipinski definition) is 0. The van der Waals surface area contributed by atoms with Crippen molar-refractivity contribution in [2.45, 2.75) is 39.2 Å². The van der Waals surface area contributed by atoms with Gasteiger partial charge in [0.05, 0.1) is 11.7 Å². The molecular formula is C15H19N3O5. The van der Waals surface area contributed by atoms with Gasteiger partial charge in [-0.2, -0.15) is 0 Å². The molecule has 1 unspecified atom stereocenters. The molecule has 0 radical (unpaired) electrons. The van der Waals surface area contributed by atoms with Crippen LogP contribution >= 0.6 is 0 Å². The number of carbonyl (C=O) groups is 3. The summed E-state index contributed by atoms with van der Waals surface area (Å²) in [5.41, 5.74) is 1.77. The maximum Gasteiger partial charge on any atom is 0.417 e. The first-order valence-electron chi connectivity index (χ1n) is 7.65. The summed E-state index contributed by atoms with van der Waals surface area (Å²) in [5.74, 6) is 0.414. The zero-order valence-electron chi connectivity index (χ0n) is 13.2. The first-order valence-corrected chi connectivity index (χ1v) is 7.65. The number of imide groups is 1. The van der Waals surface area contributed by atoms with Gasteiger partial charge in [-0.15, -0.1) is 0 Å². The van der Waals surface area contributed by atoms with Gasteiger partial charge in [0.25, 0.3) is 5.91 Å². The second kappa shape index (κ2) is 6.02. The predicted molar refractivity (Wildman–Crippen MR) is 77.5 cm³/mol. The molecule has 0 N–H and O–H groups in total. The monoisotopic (exact) mass is 321 g/mol. The van der Waals surface area contributed by atoms with E-state index in [9.17, 15) is 14.4 Å². The van der Waals surface area contributed by atoms with Gasteiger partial charge in [-0.3, -0.25) is 9.59 Å². The summed E-state index contributed by atoms with van der Waals surface area (Å²) >= 11 is 0. The Bertz CT molecular complexity index is 618. The third-order valence-electron chi connectivity index (χ3n) is 4.44. The molecule has 8 heteroatoms. The Morgan fingerprint density at radius 1 is 1.35 bits per heavy atom. The Morgan fingerprint density at radius 3 is 2.74 bits per heavy atom. The fourth-order valence-corrected chi connectivity index (χ4v) is 3.15. The molecule has 23 heavy (non-hydrogen) atoms. The van der Waals surface area contributed by atoms with E-state index in [1.807, 2.05) is 13.8 Å². The van der Waals surface area contributed by atoms with E-state index in [-0.39, 0.29) is 24.5 Å². The standard InChI is InChI=1S/C15H19N3O5/c1-9-12(10(2)23-16-9)3-4-13(19)17-6-5-11(7-17)18-14(20)8-22-15(18)21/h11H,3-8H2,1-2H3. The summed E-state index contributed by atoms with van der Waals surface area (Å²) in [6.45, 7) is 4.40. The van der Waals surface area contributed by atoms with Crippen LogP contribution in [0.2, 0.25) is 0 Å². The Labute approximate surface area is 133 Å². The van der Waals surface area contributed by atoms with Gasteiger partial charge in [0.2, 0.25) is 5.91 Å². The van der Waals surface area contributed by atoms with Crippen molar-refractivity contribution in [3.05, 3.63) is 17.0 Å². The molecule has 0 aliphatic carbocycles. The van der Waals surface area contributed by atoms with E-state index in [1.165, 1.54) is 0 Å². The lowest BCUT2D eigenvalue weighted by Crippen LogP contribution is -2.42. The number of nitrogens with zero attached hydrogens (tertiary/aromatic N) is 3. The average Bonchev–Trinajstić information content (AvgIpc) is 3.19. The summed E-state index contributed by atoms with van der Waals surface area (Å²) in [5, 5.41) is 3.88. The van der Waals surface area contributed by atoms with E-state index in [2.05, 4.69) is 5.16 Å². The van der Waals surface area contributed by atoms with Crippen LogP contribution in [0.1, 0.15) is 29.9 Å². The lowest BCUT2D eigenvalue weighted by atomic mass is 10.1. The zero-order chi connectivity index (χ0) is 16.6. The molecule has 1 aromatic rings. The summed E-state index contributed by atoms with van der Waals surface area (Å²) in [6, 6.07) is -0.277. The highest BCUT2D eigenvalue weighted by atomic mass is 16.6. The van der Waals surface area contributed by atoms with Crippen LogP contribution in [0.5, 0.6) is 0 Å². The number of ether oxygens (including phenoxy) is 1. The quantitative estimate of drug-likeness (QED) is 0.814. The summed E-state index contributed by atoms with van der Waals surface area (Å²) < 4.78 is 9.82. The maximum atomic E-state index is 12.3. The molecule has 124 valence electrons. The molecule has 3 amide bonds. The number of likely N-dealkylation sites (tertiary alicyclic amines) is 1. The van der Waals surface area contributed by atoms with Crippen LogP contribution in [0.25, 0.3) is 0 Å². The Hall–Kier alpha value is -2.38. The van der Waals surface area contributed by atoms with Crippen LogP contribution in [-0.2, 0) is 20.7 Å². The Kier molecular flexibility index (Phi) is 4.06. The van der Waals surface area contributed by atoms with Crippen LogP contribution < -0.4 is 0 Å². The number of cyclic esters (lactones) is 1. The van der Waals surface area contributed by atoms with E-state index in [0.29, 0.717) is 32.4 Å². The van der Waals surface area contributed by atoms with Crippen molar-refractivity contribution in [3.8, 4) is 0 Å². The molecule has 1 aromatic heterocycles. The normalized spacial score (nSPS) is 21.2. The van der Waals surface area contributed by atoms with Crippen molar-refractivity contribution in [1.82, 2.24) is 15.0 Å². The number of hydrogen-bond acceptors (Lipinski definition) is 6. The van der Waals surface area contributed by atoms with Crippen LogP contribution in [0.15, 0.2) is 4.52 Å². The molecule has 3 rings (SSSR count). The zero-order valence-corrected chi connectivity index (χ0v) is 13.2. The second-order valence-electron chi connectivity index (χ2n) is 5.90. The van der Waals surface area contributed by atoms with Gasteiger partial charge in [-0.05, 0) is 26.7 Å². The molecule has 8 nitrogen and oxygen atoms in total. The number of aryl methyl sites for hydroxylation is 2. The highest BCUT2D eigenvalue weighted by molar-refractivity contribution is 5.98. The highest BCUT2D eigenvalue weighted by Gasteiger charge is 2.41. The molecule has 0 spiro atoms. The van der Waals surface area contributed by atoms with E-state index in [4.69, 9.17) is 9.26 Å². The number of aromatic nitrogens is 1. The highest BCUT2D eigenvalue weighted by Crippen LogP contribution is 2.21. The first-order chi connectivity index (χ1) is 11.0. The lowest BCUT2D eigenvalue weighted by Gasteiger charge is -2.20. The molecule has 0 saturated carbocycles. The SMILES string of the molecule is Cc1noc(C)c1CCC(=O)N1CCC(N2C(=O)COC2=O)C1. The molecule has 1 atom stereocenters. The summed E-state index contributed by atoms with van der Waals surface area (Å²) in [7, 11) is 0. The van der Waals surface area contributed by atoms with Crippen molar-refractivity contribution < 1.29 is 23.6 Å². The maximum absolute atomic E-state index is 12.3. The average molecular weight is 321 g/mol. The lowest BCUT2D eigenvalue weighted by molar-refractivity contribution is -0.131. The van der Waals surface area contributed by atoms with E-state index in [1.54, 1.807) is 4.90 Å². The van der Waals surface area contributed by atoms with Crippen molar-refractivity contribution in [1.29, 1.82) is 0 Å². The van der Waals surface area contributed by atoms with Gasteiger partial charge in [0, 0.05) is 25.1 Å². The van der Waals surface area contributed by atoms with E-state index in [0.717, 1.165) is 21.9 Å². The minimum absolute atomic E-state index is 0.00696. The van der Waals surface area contributed by atoms with Crippen molar-refractivity contribution in [2.24, 2.45) is 0 Å². The number of rotatable bonds is 4. The fraction of sp³-hybridized carbons (Fsp3) is 0.600. The Morgan fingerprint density at radius 2 is 2.13 bits per heavy atom. The molecule has 0 aromatic carbocycles. The largest absolute Gasteiger partial charge is 0.439 e. The van der Waals surface area contributed by atoms with Crippen molar-refractivity contribution >= 4 is 17.9 Å². The third-order valence-corrected chi connectivity index (χ3v) is 4.44. The van der Waals surface area contributed by atoms with Gasteiger partial charge < -0.3 is 14.2 Å². The van der Waals surface area contributed by atoms with E-state index >= 15 is 0 Å². The Balaban J connectivity index is 1.55. The molecule has 2 aliphatic heterocycles. The molecule has 2 aliphatic rings. The fourth-order valence-electron chi connectivity index (χ4n) is 3.15. The number of amides is 3. The molecule has 2 fully saturated rings. The molecule has 0 bridgehead atoms. The predicted octanol–water partition coefficient (Wildman–Crippen LogP) is 0.804. The first kappa shape index (κ1) is 15.5. The van der Waals surface area contributed by atoms with Crippen LogP contribution in [0.3, 0.4) is 0 Å².